The SMILES string of the molecule is CC(C)CC(=O)N1CC2C(CN)C2C1. The number of rotatable bonds is 3. The summed E-state index contributed by atoms with van der Waals surface area (Å²) in [5.74, 6) is 3.00. The molecule has 2 N–H and O–H groups in total. The van der Waals surface area contributed by atoms with Crippen molar-refractivity contribution in [2.45, 2.75) is 20.3 Å². The number of nitrogens with two attached hydrogens (primary N) is 1. The number of piperidine rings is 1. The Morgan fingerprint density at radius 3 is 2.43 bits per heavy atom. The molecule has 0 bridgehead atoms. The number of carbonyl (C=O) groups excluding carboxylic acids is 1. The van der Waals surface area contributed by atoms with Gasteiger partial charge in [0.05, 0.1) is 0 Å². The molecule has 2 aliphatic rings. The van der Waals surface area contributed by atoms with E-state index in [2.05, 4.69) is 13.8 Å². The fourth-order valence-electron chi connectivity index (χ4n) is 2.68. The van der Waals surface area contributed by atoms with Crippen molar-refractivity contribution >= 4 is 5.91 Å². The van der Waals surface area contributed by atoms with Crippen molar-refractivity contribution in [3.63, 3.8) is 0 Å². The Balaban J connectivity index is 1.79. The average molecular weight is 196 g/mol. The highest BCUT2D eigenvalue weighted by molar-refractivity contribution is 5.77. The van der Waals surface area contributed by atoms with E-state index in [0.29, 0.717) is 18.2 Å². The van der Waals surface area contributed by atoms with Gasteiger partial charge in [-0.05, 0) is 30.2 Å². The lowest BCUT2D eigenvalue weighted by Crippen LogP contribution is -2.33. The maximum Gasteiger partial charge on any atom is 0.222 e. The van der Waals surface area contributed by atoms with E-state index in [1.807, 2.05) is 4.90 Å². The average Bonchev–Trinajstić information content (AvgIpc) is 2.56. The summed E-state index contributed by atoms with van der Waals surface area (Å²) in [4.78, 5) is 13.7. The van der Waals surface area contributed by atoms with Crippen molar-refractivity contribution in [1.29, 1.82) is 0 Å². The highest BCUT2D eigenvalue weighted by Gasteiger charge is 2.55. The van der Waals surface area contributed by atoms with Crippen LogP contribution in [0.1, 0.15) is 20.3 Å². The minimum Gasteiger partial charge on any atom is -0.342 e. The summed E-state index contributed by atoms with van der Waals surface area (Å²) in [7, 11) is 0. The third kappa shape index (κ3) is 1.65. The van der Waals surface area contributed by atoms with Crippen molar-refractivity contribution in [3.8, 4) is 0 Å². The van der Waals surface area contributed by atoms with E-state index in [4.69, 9.17) is 5.73 Å². The van der Waals surface area contributed by atoms with Crippen LogP contribution in [0, 0.1) is 23.7 Å². The van der Waals surface area contributed by atoms with Crippen molar-refractivity contribution in [2.24, 2.45) is 29.4 Å². The van der Waals surface area contributed by atoms with Crippen LogP contribution in [0.4, 0.5) is 0 Å². The molecule has 1 saturated carbocycles. The van der Waals surface area contributed by atoms with Crippen LogP contribution in [-0.2, 0) is 4.79 Å². The van der Waals surface area contributed by atoms with E-state index in [-0.39, 0.29) is 0 Å². The summed E-state index contributed by atoms with van der Waals surface area (Å²) in [5.41, 5.74) is 5.62. The van der Waals surface area contributed by atoms with Gasteiger partial charge < -0.3 is 10.6 Å². The van der Waals surface area contributed by atoms with Crippen LogP contribution in [0.5, 0.6) is 0 Å². The van der Waals surface area contributed by atoms with Gasteiger partial charge >= 0.3 is 0 Å². The fraction of sp³-hybridized carbons (Fsp3) is 0.909. The molecule has 1 amide bonds. The van der Waals surface area contributed by atoms with E-state index in [1.54, 1.807) is 0 Å². The molecule has 0 aromatic heterocycles. The molecule has 80 valence electrons. The van der Waals surface area contributed by atoms with Gasteiger partial charge in [0.2, 0.25) is 5.91 Å². The number of nitrogens with zero attached hydrogens (tertiary/aromatic N) is 1. The summed E-state index contributed by atoms with van der Waals surface area (Å²) >= 11 is 0. The lowest BCUT2D eigenvalue weighted by Gasteiger charge is -2.20. The van der Waals surface area contributed by atoms with Gasteiger partial charge in [0.1, 0.15) is 0 Å². The molecule has 2 unspecified atom stereocenters. The van der Waals surface area contributed by atoms with Crippen LogP contribution in [0.2, 0.25) is 0 Å². The second-order valence-electron chi connectivity index (χ2n) is 5.12. The number of hydrogen-bond acceptors (Lipinski definition) is 2. The van der Waals surface area contributed by atoms with Crippen molar-refractivity contribution in [1.82, 2.24) is 4.90 Å². The second kappa shape index (κ2) is 3.54. The Hall–Kier alpha value is -0.570. The van der Waals surface area contributed by atoms with Crippen LogP contribution >= 0.6 is 0 Å². The molecule has 3 nitrogen and oxygen atoms in total. The number of amides is 1. The molecule has 2 atom stereocenters. The zero-order chi connectivity index (χ0) is 10.3. The van der Waals surface area contributed by atoms with E-state index in [9.17, 15) is 4.79 Å². The van der Waals surface area contributed by atoms with Crippen LogP contribution in [0.25, 0.3) is 0 Å². The standard InChI is InChI=1S/C11H20N2O/c1-7(2)3-11(14)13-5-9-8(4-12)10(9)6-13/h7-10H,3-6,12H2,1-2H3. The van der Waals surface area contributed by atoms with E-state index < -0.39 is 0 Å². The zero-order valence-corrected chi connectivity index (χ0v) is 9.07. The normalized spacial score (nSPS) is 34.9. The summed E-state index contributed by atoms with van der Waals surface area (Å²) < 4.78 is 0. The van der Waals surface area contributed by atoms with Gasteiger partial charge in [-0.1, -0.05) is 13.8 Å². The second-order valence-corrected chi connectivity index (χ2v) is 5.12. The number of carbonyl (C=O) groups is 1. The Labute approximate surface area is 85.6 Å². The van der Waals surface area contributed by atoms with Crippen LogP contribution in [0.3, 0.4) is 0 Å². The molecular formula is C11H20N2O. The van der Waals surface area contributed by atoms with Gasteiger partial charge in [-0.25, -0.2) is 0 Å². The molecule has 0 radical (unpaired) electrons. The molecule has 0 aromatic carbocycles. The predicted molar refractivity (Wildman–Crippen MR) is 55.6 cm³/mol. The lowest BCUT2D eigenvalue weighted by molar-refractivity contribution is -0.131. The van der Waals surface area contributed by atoms with Crippen molar-refractivity contribution in [2.75, 3.05) is 19.6 Å². The number of likely N-dealkylation sites (tertiary alicyclic amines) is 1. The van der Waals surface area contributed by atoms with Gasteiger partial charge in [0.15, 0.2) is 0 Å². The Morgan fingerprint density at radius 2 is 2.00 bits per heavy atom. The van der Waals surface area contributed by atoms with Gasteiger partial charge in [0, 0.05) is 19.5 Å². The summed E-state index contributed by atoms with van der Waals surface area (Å²) in [5, 5.41) is 0. The van der Waals surface area contributed by atoms with Crippen LogP contribution in [0.15, 0.2) is 0 Å². The number of fused-ring (bicyclic) bond motifs is 1. The molecular weight excluding hydrogens is 176 g/mol. The minimum atomic E-state index is 0.336. The van der Waals surface area contributed by atoms with Crippen molar-refractivity contribution in [3.05, 3.63) is 0 Å². The topological polar surface area (TPSA) is 46.3 Å². The van der Waals surface area contributed by atoms with E-state index >= 15 is 0 Å². The fourth-order valence-corrected chi connectivity index (χ4v) is 2.68. The quantitative estimate of drug-likeness (QED) is 0.722. The predicted octanol–water partition coefficient (Wildman–Crippen LogP) is 0.696. The van der Waals surface area contributed by atoms with E-state index in [0.717, 1.165) is 37.4 Å². The third-order valence-corrected chi connectivity index (χ3v) is 3.58. The van der Waals surface area contributed by atoms with Gasteiger partial charge in [-0.2, -0.15) is 0 Å². The molecule has 0 spiro atoms. The van der Waals surface area contributed by atoms with Gasteiger partial charge in [-0.3, -0.25) is 4.79 Å². The monoisotopic (exact) mass is 196 g/mol. The van der Waals surface area contributed by atoms with Gasteiger partial charge in [-0.15, -0.1) is 0 Å². The Bertz CT molecular complexity index is 227. The first kappa shape index (κ1) is 9.97. The van der Waals surface area contributed by atoms with Crippen LogP contribution in [-0.4, -0.2) is 30.4 Å². The highest BCUT2D eigenvalue weighted by atomic mass is 16.2. The largest absolute Gasteiger partial charge is 0.342 e. The molecule has 0 aromatic rings. The first-order valence-corrected chi connectivity index (χ1v) is 5.61. The van der Waals surface area contributed by atoms with Crippen LogP contribution < -0.4 is 5.73 Å². The Morgan fingerprint density at radius 1 is 1.43 bits per heavy atom. The smallest absolute Gasteiger partial charge is 0.222 e. The molecule has 1 aliphatic carbocycles. The molecule has 1 saturated heterocycles. The molecule has 1 heterocycles. The first-order chi connectivity index (χ1) is 6.63. The summed E-state index contributed by atoms with van der Waals surface area (Å²) in [6, 6.07) is 0. The van der Waals surface area contributed by atoms with Crippen molar-refractivity contribution < 1.29 is 4.79 Å². The molecule has 2 fully saturated rings. The Kier molecular flexibility index (Phi) is 2.52. The summed E-state index contributed by atoms with van der Waals surface area (Å²) in [6.45, 7) is 6.94. The molecule has 3 heteroatoms. The molecule has 14 heavy (non-hydrogen) atoms. The maximum atomic E-state index is 11.7. The van der Waals surface area contributed by atoms with E-state index in [1.165, 1.54) is 0 Å². The zero-order valence-electron chi connectivity index (χ0n) is 9.07. The molecule has 2 rings (SSSR count). The minimum absolute atomic E-state index is 0.336. The summed E-state index contributed by atoms with van der Waals surface area (Å²) in [6.07, 6.45) is 0.701. The van der Waals surface area contributed by atoms with Gasteiger partial charge in [0.25, 0.3) is 0 Å². The third-order valence-electron chi connectivity index (χ3n) is 3.58. The lowest BCUT2D eigenvalue weighted by atomic mass is 10.1. The number of hydrogen-bond donors (Lipinski definition) is 1. The first-order valence-electron chi connectivity index (χ1n) is 5.61. The molecule has 1 aliphatic heterocycles. The highest BCUT2D eigenvalue weighted by Crippen LogP contribution is 2.50. The maximum absolute atomic E-state index is 11.7.